The molecule has 0 aliphatic heterocycles. The van der Waals surface area contributed by atoms with E-state index < -0.39 is 0 Å². The van der Waals surface area contributed by atoms with E-state index in [1.807, 2.05) is 6.08 Å². The van der Waals surface area contributed by atoms with Crippen LogP contribution >= 0.6 is 11.3 Å². The Morgan fingerprint density at radius 2 is 2.33 bits per heavy atom. The van der Waals surface area contributed by atoms with Gasteiger partial charge in [-0.1, -0.05) is 25.0 Å². The molecule has 0 radical (unpaired) electrons. The van der Waals surface area contributed by atoms with Gasteiger partial charge in [0.2, 0.25) is 0 Å². The molecule has 3 heteroatoms. The summed E-state index contributed by atoms with van der Waals surface area (Å²) < 4.78 is 0. The van der Waals surface area contributed by atoms with Gasteiger partial charge in [-0.2, -0.15) is 0 Å². The zero-order valence-corrected chi connectivity index (χ0v) is 9.93. The molecule has 1 rings (SSSR count). The highest BCUT2D eigenvalue weighted by Gasteiger charge is 2.09. The summed E-state index contributed by atoms with van der Waals surface area (Å²) in [6.07, 6.45) is 7.95. The average Bonchev–Trinajstić information content (AvgIpc) is 2.77. The van der Waals surface area contributed by atoms with E-state index in [4.69, 9.17) is 5.84 Å². The molecule has 3 N–H and O–H groups in total. The maximum absolute atomic E-state index is 5.55. The van der Waals surface area contributed by atoms with Crippen LogP contribution in [0.1, 0.15) is 43.0 Å². The summed E-state index contributed by atoms with van der Waals surface area (Å²) in [5.41, 5.74) is 2.89. The fourth-order valence-electron chi connectivity index (χ4n) is 1.61. The first-order chi connectivity index (χ1) is 7.38. The Balaban J connectivity index is 2.20. The van der Waals surface area contributed by atoms with E-state index in [-0.39, 0.29) is 0 Å². The summed E-state index contributed by atoms with van der Waals surface area (Å²) in [6.45, 7) is 3.72. The Hall–Kier alpha value is -0.640. The van der Waals surface area contributed by atoms with Crippen molar-refractivity contribution in [1.29, 1.82) is 0 Å². The van der Waals surface area contributed by atoms with Crippen LogP contribution in [0.15, 0.2) is 30.2 Å². The zero-order chi connectivity index (χ0) is 10.9. The third kappa shape index (κ3) is 4.60. The number of thiophene rings is 1. The summed E-state index contributed by atoms with van der Waals surface area (Å²) in [4.78, 5) is 1.33. The van der Waals surface area contributed by atoms with E-state index in [2.05, 4.69) is 29.5 Å². The molecule has 1 aromatic heterocycles. The van der Waals surface area contributed by atoms with Gasteiger partial charge in [0.25, 0.3) is 0 Å². The van der Waals surface area contributed by atoms with Crippen LogP contribution < -0.4 is 11.3 Å². The van der Waals surface area contributed by atoms with Crippen LogP contribution in [0.25, 0.3) is 0 Å². The molecule has 0 saturated carbocycles. The van der Waals surface area contributed by atoms with Crippen LogP contribution in [0.4, 0.5) is 0 Å². The van der Waals surface area contributed by atoms with Gasteiger partial charge in [-0.15, -0.1) is 17.9 Å². The maximum atomic E-state index is 5.55. The fraction of sp³-hybridized carbons (Fsp3) is 0.500. The second-order valence-electron chi connectivity index (χ2n) is 3.66. The van der Waals surface area contributed by atoms with E-state index >= 15 is 0 Å². The minimum absolute atomic E-state index is 0.328. The molecule has 1 atom stereocenters. The van der Waals surface area contributed by atoms with Gasteiger partial charge >= 0.3 is 0 Å². The van der Waals surface area contributed by atoms with Gasteiger partial charge < -0.3 is 0 Å². The Morgan fingerprint density at radius 1 is 1.47 bits per heavy atom. The van der Waals surface area contributed by atoms with Gasteiger partial charge in [0, 0.05) is 4.88 Å². The number of allylic oxidation sites excluding steroid dienone is 1. The van der Waals surface area contributed by atoms with Crippen LogP contribution in [-0.4, -0.2) is 0 Å². The highest BCUT2D eigenvalue weighted by atomic mass is 32.1. The van der Waals surface area contributed by atoms with Crippen LogP contribution in [0.2, 0.25) is 0 Å². The molecule has 0 aliphatic carbocycles. The van der Waals surface area contributed by atoms with Gasteiger partial charge in [0.15, 0.2) is 0 Å². The smallest absolute Gasteiger partial charge is 0.0553 e. The van der Waals surface area contributed by atoms with Crippen LogP contribution in [0.5, 0.6) is 0 Å². The number of hydrogen-bond acceptors (Lipinski definition) is 3. The van der Waals surface area contributed by atoms with Crippen molar-refractivity contribution in [2.24, 2.45) is 5.84 Å². The van der Waals surface area contributed by atoms with Crippen molar-refractivity contribution in [3.63, 3.8) is 0 Å². The molecule has 0 fully saturated rings. The summed E-state index contributed by atoms with van der Waals surface area (Å²) in [6, 6.07) is 4.54. The lowest BCUT2D eigenvalue weighted by Crippen LogP contribution is -2.27. The Bertz CT molecular complexity index is 257. The van der Waals surface area contributed by atoms with Crippen molar-refractivity contribution in [1.82, 2.24) is 5.43 Å². The first kappa shape index (κ1) is 12.4. The second kappa shape index (κ2) is 7.63. The minimum atomic E-state index is 0.328. The normalized spacial score (nSPS) is 12.6. The quantitative estimate of drug-likeness (QED) is 0.307. The molecule has 1 unspecified atom stereocenters. The lowest BCUT2D eigenvalue weighted by molar-refractivity contribution is 0.490. The van der Waals surface area contributed by atoms with Crippen molar-refractivity contribution in [3.8, 4) is 0 Å². The number of hydrazine groups is 1. The molecule has 15 heavy (non-hydrogen) atoms. The van der Waals surface area contributed by atoms with Gasteiger partial charge in [0.05, 0.1) is 6.04 Å². The second-order valence-corrected chi connectivity index (χ2v) is 4.64. The first-order valence-corrected chi connectivity index (χ1v) is 6.37. The van der Waals surface area contributed by atoms with Gasteiger partial charge in [0.1, 0.15) is 0 Å². The Kier molecular flexibility index (Phi) is 6.32. The van der Waals surface area contributed by atoms with E-state index in [1.165, 1.54) is 24.1 Å². The largest absolute Gasteiger partial charge is 0.271 e. The lowest BCUT2D eigenvalue weighted by atomic mass is 10.1. The van der Waals surface area contributed by atoms with Gasteiger partial charge in [-0.05, 0) is 30.7 Å². The molecule has 0 saturated heterocycles. The maximum Gasteiger partial charge on any atom is 0.0553 e. The van der Waals surface area contributed by atoms with E-state index in [9.17, 15) is 0 Å². The molecule has 0 aromatic carbocycles. The highest BCUT2D eigenvalue weighted by Crippen LogP contribution is 2.23. The number of nitrogens with two attached hydrogens (primary N) is 1. The highest BCUT2D eigenvalue weighted by molar-refractivity contribution is 7.10. The summed E-state index contributed by atoms with van der Waals surface area (Å²) in [5.74, 6) is 5.55. The SMILES string of the molecule is C=CCCCCCC(NN)c1cccs1. The molecule has 0 bridgehead atoms. The molecule has 2 nitrogen and oxygen atoms in total. The third-order valence-corrected chi connectivity index (χ3v) is 3.47. The van der Waals surface area contributed by atoms with E-state index in [0.717, 1.165) is 12.8 Å². The molecule has 1 heterocycles. The predicted octanol–water partition coefficient (Wildman–Crippen LogP) is 3.39. The summed E-state index contributed by atoms with van der Waals surface area (Å²) in [7, 11) is 0. The lowest BCUT2D eigenvalue weighted by Gasteiger charge is -2.13. The predicted molar refractivity (Wildman–Crippen MR) is 67.7 cm³/mol. The molecule has 0 amide bonds. The number of nitrogens with one attached hydrogen (secondary N) is 1. The third-order valence-electron chi connectivity index (χ3n) is 2.49. The molecule has 0 spiro atoms. The standard InChI is InChI=1S/C12H20N2S/c1-2-3-4-5-6-8-11(14-13)12-9-7-10-15-12/h2,7,9-11,14H,1,3-6,8,13H2. The molecule has 1 aromatic rings. The topological polar surface area (TPSA) is 38.0 Å². The zero-order valence-electron chi connectivity index (χ0n) is 9.11. The molecule has 0 aliphatic rings. The van der Waals surface area contributed by atoms with Crippen LogP contribution in [0, 0.1) is 0 Å². The fourth-order valence-corrected chi connectivity index (χ4v) is 2.43. The van der Waals surface area contributed by atoms with Crippen molar-refractivity contribution >= 4 is 11.3 Å². The van der Waals surface area contributed by atoms with Gasteiger partial charge in [-0.3, -0.25) is 11.3 Å². The van der Waals surface area contributed by atoms with E-state index in [1.54, 1.807) is 11.3 Å². The number of rotatable bonds is 8. The van der Waals surface area contributed by atoms with Crippen LogP contribution in [0.3, 0.4) is 0 Å². The van der Waals surface area contributed by atoms with E-state index in [0.29, 0.717) is 6.04 Å². The monoisotopic (exact) mass is 224 g/mol. The van der Waals surface area contributed by atoms with Crippen molar-refractivity contribution in [2.45, 2.75) is 38.1 Å². The average molecular weight is 224 g/mol. The van der Waals surface area contributed by atoms with Crippen molar-refractivity contribution < 1.29 is 0 Å². The molecular weight excluding hydrogens is 204 g/mol. The Labute approximate surface area is 96.2 Å². The minimum Gasteiger partial charge on any atom is -0.271 e. The van der Waals surface area contributed by atoms with Crippen molar-refractivity contribution in [2.75, 3.05) is 0 Å². The molecule has 84 valence electrons. The molecular formula is C12H20N2S. The first-order valence-electron chi connectivity index (χ1n) is 5.49. The summed E-state index contributed by atoms with van der Waals surface area (Å²) >= 11 is 1.77. The van der Waals surface area contributed by atoms with Crippen LogP contribution in [-0.2, 0) is 0 Å². The van der Waals surface area contributed by atoms with Crippen molar-refractivity contribution in [3.05, 3.63) is 35.0 Å². The Morgan fingerprint density at radius 3 is 2.93 bits per heavy atom. The number of unbranched alkanes of at least 4 members (excludes halogenated alkanes) is 3. The number of hydrogen-bond donors (Lipinski definition) is 2. The van der Waals surface area contributed by atoms with Gasteiger partial charge in [-0.25, -0.2) is 0 Å². The summed E-state index contributed by atoms with van der Waals surface area (Å²) in [5, 5.41) is 2.09.